The van der Waals surface area contributed by atoms with E-state index in [1.165, 1.54) is 0 Å². The van der Waals surface area contributed by atoms with E-state index < -0.39 is 0 Å². The van der Waals surface area contributed by atoms with Crippen molar-refractivity contribution in [2.45, 2.75) is 26.5 Å². The number of methoxy groups -OCH3 is 1. The van der Waals surface area contributed by atoms with Crippen molar-refractivity contribution >= 4 is 17.2 Å². The largest absolute Gasteiger partial charge is 0.487 e. The van der Waals surface area contributed by atoms with E-state index >= 15 is 0 Å². The summed E-state index contributed by atoms with van der Waals surface area (Å²) in [7, 11) is 1.61. The van der Waals surface area contributed by atoms with E-state index in [2.05, 4.69) is 10.3 Å². The van der Waals surface area contributed by atoms with Crippen molar-refractivity contribution in [2.75, 3.05) is 13.7 Å². The number of nitrogens with zero attached hydrogens (tertiary/aromatic N) is 1. The van der Waals surface area contributed by atoms with E-state index in [-0.39, 0.29) is 11.9 Å². The van der Waals surface area contributed by atoms with E-state index in [0.717, 1.165) is 10.7 Å². The second-order valence-corrected chi connectivity index (χ2v) is 6.07. The van der Waals surface area contributed by atoms with Gasteiger partial charge in [0.05, 0.1) is 17.3 Å². The van der Waals surface area contributed by atoms with Crippen LogP contribution in [0, 0.1) is 6.92 Å². The first-order valence-electron chi connectivity index (χ1n) is 7.02. The molecule has 0 fully saturated rings. The molecular formula is C16H20N2O3S. The highest BCUT2D eigenvalue weighted by molar-refractivity contribution is 7.09. The molecule has 6 heteroatoms. The van der Waals surface area contributed by atoms with Crippen molar-refractivity contribution < 1.29 is 14.3 Å². The molecule has 1 N–H and O–H groups in total. The Hall–Kier alpha value is -1.92. The van der Waals surface area contributed by atoms with E-state index in [0.29, 0.717) is 24.5 Å². The number of nitrogens with one attached hydrogen (secondary N) is 1. The standard InChI is InChI=1S/C16H20N2O3S/c1-11(8-20-3)17-16(19)13-5-4-6-15(7-13)21-9-14-10-22-12(2)18-14/h4-7,10-11H,8-9H2,1-3H3,(H,17,19)/t11-/m0/s1. The highest BCUT2D eigenvalue weighted by Gasteiger charge is 2.10. The van der Waals surface area contributed by atoms with Crippen LogP contribution in [0.3, 0.4) is 0 Å². The molecule has 0 saturated carbocycles. The third-order valence-corrected chi connectivity index (χ3v) is 3.77. The summed E-state index contributed by atoms with van der Waals surface area (Å²) in [6.07, 6.45) is 0. The molecule has 0 aliphatic heterocycles. The zero-order valence-corrected chi connectivity index (χ0v) is 13.8. The van der Waals surface area contributed by atoms with Gasteiger partial charge in [-0.1, -0.05) is 6.07 Å². The molecule has 0 saturated heterocycles. The fourth-order valence-electron chi connectivity index (χ4n) is 1.96. The normalized spacial score (nSPS) is 12.0. The Kier molecular flexibility index (Phi) is 5.91. The van der Waals surface area contributed by atoms with Crippen LogP contribution in [-0.4, -0.2) is 30.6 Å². The number of rotatable bonds is 7. The van der Waals surface area contributed by atoms with Crippen molar-refractivity contribution in [1.82, 2.24) is 10.3 Å². The van der Waals surface area contributed by atoms with Gasteiger partial charge in [-0.25, -0.2) is 4.98 Å². The average molecular weight is 320 g/mol. The van der Waals surface area contributed by atoms with Crippen LogP contribution < -0.4 is 10.1 Å². The smallest absolute Gasteiger partial charge is 0.251 e. The number of hydrogen-bond donors (Lipinski definition) is 1. The van der Waals surface area contributed by atoms with Gasteiger partial charge in [0.1, 0.15) is 12.4 Å². The van der Waals surface area contributed by atoms with Crippen molar-refractivity contribution in [1.29, 1.82) is 0 Å². The fraction of sp³-hybridized carbons (Fsp3) is 0.375. The van der Waals surface area contributed by atoms with Gasteiger partial charge in [0.25, 0.3) is 5.91 Å². The predicted molar refractivity (Wildman–Crippen MR) is 86.4 cm³/mol. The summed E-state index contributed by atoms with van der Waals surface area (Å²) in [4.78, 5) is 16.5. The Balaban J connectivity index is 1.95. The molecular weight excluding hydrogens is 300 g/mol. The lowest BCUT2D eigenvalue weighted by Gasteiger charge is -2.13. The average Bonchev–Trinajstić information content (AvgIpc) is 2.91. The van der Waals surface area contributed by atoms with Crippen LogP contribution in [0.2, 0.25) is 0 Å². The molecule has 2 rings (SSSR count). The highest BCUT2D eigenvalue weighted by Crippen LogP contribution is 2.16. The molecule has 2 aromatic rings. The molecule has 22 heavy (non-hydrogen) atoms. The maximum Gasteiger partial charge on any atom is 0.251 e. The minimum atomic E-state index is -0.139. The van der Waals surface area contributed by atoms with Crippen LogP contribution >= 0.6 is 11.3 Å². The van der Waals surface area contributed by atoms with Crippen LogP contribution in [0.25, 0.3) is 0 Å². The third-order valence-electron chi connectivity index (χ3n) is 2.94. The van der Waals surface area contributed by atoms with Gasteiger partial charge < -0.3 is 14.8 Å². The molecule has 5 nitrogen and oxygen atoms in total. The van der Waals surface area contributed by atoms with E-state index in [4.69, 9.17) is 9.47 Å². The number of carbonyl (C=O) groups excluding carboxylic acids is 1. The SMILES string of the molecule is COC[C@H](C)NC(=O)c1cccc(OCc2csc(C)n2)c1. The number of thiazole rings is 1. The van der Waals surface area contributed by atoms with Crippen LogP contribution in [0.15, 0.2) is 29.6 Å². The number of aryl methyl sites for hydroxylation is 1. The van der Waals surface area contributed by atoms with Crippen molar-refractivity contribution in [3.05, 3.63) is 45.9 Å². The van der Waals surface area contributed by atoms with Gasteiger partial charge in [-0.2, -0.15) is 0 Å². The zero-order valence-electron chi connectivity index (χ0n) is 13.0. The van der Waals surface area contributed by atoms with Crippen LogP contribution in [0.5, 0.6) is 5.75 Å². The summed E-state index contributed by atoms with van der Waals surface area (Å²) in [5.41, 5.74) is 1.46. The molecule has 1 heterocycles. The first kappa shape index (κ1) is 16.5. The summed E-state index contributed by atoms with van der Waals surface area (Å²) in [6, 6.07) is 7.08. The first-order valence-corrected chi connectivity index (χ1v) is 7.90. The number of hydrogen-bond acceptors (Lipinski definition) is 5. The third kappa shape index (κ3) is 4.82. The number of benzene rings is 1. The number of amides is 1. The van der Waals surface area contributed by atoms with Gasteiger partial charge in [0, 0.05) is 24.1 Å². The molecule has 1 aromatic carbocycles. The summed E-state index contributed by atoms with van der Waals surface area (Å²) in [5, 5.41) is 5.85. The molecule has 1 aromatic heterocycles. The molecule has 0 radical (unpaired) electrons. The molecule has 0 aliphatic rings. The monoisotopic (exact) mass is 320 g/mol. The van der Waals surface area contributed by atoms with Crippen LogP contribution in [0.4, 0.5) is 0 Å². The minimum Gasteiger partial charge on any atom is -0.487 e. The van der Waals surface area contributed by atoms with E-state index in [1.54, 1.807) is 36.6 Å². The van der Waals surface area contributed by atoms with Gasteiger partial charge in [-0.05, 0) is 32.0 Å². The van der Waals surface area contributed by atoms with Gasteiger partial charge in [0.2, 0.25) is 0 Å². The Morgan fingerprint density at radius 1 is 1.45 bits per heavy atom. The molecule has 1 amide bonds. The highest BCUT2D eigenvalue weighted by atomic mass is 32.1. The maximum atomic E-state index is 12.1. The van der Waals surface area contributed by atoms with Gasteiger partial charge >= 0.3 is 0 Å². The zero-order chi connectivity index (χ0) is 15.9. The fourth-order valence-corrected chi connectivity index (χ4v) is 2.56. The number of carbonyl (C=O) groups is 1. The summed E-state index contributed by atoms with van der Waals surface area (Å²) in [6.45, 7) is 4.73. The van der Waals surface area contributed by atoms with Crippen LogP contribution in [-0.2, 0) is 11.3 Å². The van der Waals surface area contributed by atoms with Crippen molar-refractivity contribution in [2.24, 2.45) is 0 Å². The quantitative estimate of drug-likeness (QED) is 0.852. The van der Waals surface area contributed by atoms with Gasteiger partial charge in [-0.15, -0.1) is 11.3 Å². The molecule has 1 atom stereocenters. The molecule has 0 bridgehead atoms. The lowest BCUT2D eigenvalue weighted by Crippen LogP contribution is -2.35. The van der Waals surface area contributed by atoms with Crippen molar-refractivity contribution in [3.63, 3.8) is 0 Å². The molecule has 118 valence electrons. The first-order chi connectivity index (χ1) is 10.6. The topological polar surface area (TPSA) is 60.5 Å². The van der Waals surface area contributed by atoms with Gasteiger partial charge in [-0.3, -0.25) is 4.79 Å². The summed E-state index contributed by atoms with van der Waals surface area (Å²) in [5.74, 6) is 0.511. The van der Waals surface area contributed by atoms with E-state index in [9.17, 15) is 4.79 Å². The Bertz CT molecular complexity index is 627. The second-order valence-electron chi connectivity index (χ2n) is 5.00. The predicted octanol–water partition coefficient (Wildman–Crippen LogP) is 2.80. The Morgan fingerprint density at radius 2 is 2.27 bits per heavy atom. The maximum absolute atomic E-state index is 12.1. The lowest BCUT2D eigenvalue weighted by molar-refractivity contribution is 0.0905. The Morgan fingerprint density at radius 3 is 2.95 bits per heavy atom. The molecule has 0 aliphatic carbocycles. The van der Waals surface area contributed by atoms with Crippen LogP contribution in [0.1, 0.15) is 28.0 Å². The summed E-state index contributed by atoms with van der Waals surface area (Å²) >= 11 is 1.59. The number of ether oxygens (including phenoxy) is 2. The second kappa shape index (κ2) is 7.91. The Labute approximate surface area is 134 Å². The summed E-state index contributed by atoms with van der Waals surface area (Å²) < 4.78 is 10.7. The number of aromatic nitrogens is 1. The minimum absolute atomic E-state index is 0.0416. The lowest BCUT2D eigenvalue weighted by atomic mass is 10.2. The van der Waals surface area contributed by atoms with Gasteiger partial charge in [0.15, 0.2) is 0 Å². The molecule has 0 spiro atoms. The molecule has 0 unspecified atom stereocenters. The van der Waals surface area contributed by atoms with E-state index in [1.807, 2.05) is 25.3 Å². The van der Waals surface area contributed by atoms with Crippen molar-refractivity contribution in [3.8, 4) is 5.75 Å².